The minimum atomic E-state index is -0.668. The number of amides is 1. The van der Waals surface area contributed by atoms with E-state index in [2.05, 4.69) is 4.98 Å². The van der Waals surface area contributed by atoms with Crippen LogP contribution in [0, 0.1) is 0 Å². The molecular formula is C24H24N2O4. The number of likely N-dealkylation sites (tertiary alicyclic amines) is 1. The number of rotatable bonds is 3. The van der Waals surface area contributed by atoms with Crippen molar-refractivity contribution in [1.29, 1.82) is 0 Å². The number of ketones is 1. The van der Waals surface area contributed by atoms with Crippen LogP contribution in [0.25, 0.3) is 5.76 Å². The summed E-state index contributed by atoms with van der Waals surface area (Å²) in [6.07, 6.45) is 7.37. The summed E-state index contributed by atoms with van der Waals surface area (Å²) in [7, 11) is 0. The van der Waals surface area contributed by atoms with Gasteiger partial charge in [-0.1, -0.05) is 25.3 Å². The lowest BCUT2D eigenvalue weighted by Crippen LogP contribution is -2.40. The van der Waals surface area contributed by atoms with E-state index in [0.717, 1.165) is 49.8 Å². The molecule has 3 aliphatic rings. The van der Waals surface area contributed by atoms with Gasteiger partial charge in [-0.3, -0.25) is 14.6 Å². The van der Waals surface area contributed by atoms with Crippen molar-refractivity contribution in [3.05, 3.63) is 65.0 Å². The monoisotopic (exact) mass is 404 g/mol. The summed E-state index contributed by atoms with van der Waals surface area (Å²) in [5, 5.41) is 11.2. The number of benzene rings is 1. The molecule has 0 radical (unpaired) electrons. The number of hydrogen-bond donors (Lipinski definition) is 1. The van der Waals surface area contributed by atoms with Crippen LogP contribution in [0.2, 0.25) is 0 Å². The molecule has 1 amide bonds. The number of carbonyl (C=O) groups excluding carboxylic acids is 2. The molecule has 0 spiro atoms. The zero-order chi connectivity index (χ0) is 20.7. The van der Waals surface area contributed by atoms with E-state index in [1.54, 1.807) is 23.2 Å². The van der Waals surface area contributed by atoms with Gasteiger partial charge in [0.25, 0.3) is 11.7 Å². The van der Waals surface area contributed by atoms with Crippen molar-refractivity contribution in [3.63, 3.8) is 0 Å². The molecule has 6 nitrogen and oxygen atoms in total. The Kier molecular flexibility index (Phi) is 4.77. The van der Waals surface area contributed by atoms with E-state index >= 15 is 0 Å². The second kappa shape index (κ2) is 7.59. The van der Waals surface area contributed by atoms with E-state index in [9.17, 15) is 14.7 Å². The predicted molar refractivity (Wildman–Crippen MR) is 111 cm³/mol. The van der Waals surface area contributed by atoms with Gasteiger partial charge in [-0.15, -0.1) is 0 Å². The quantitative estimate of drug-likeness (QED) is 0.479. The Hall–Kier alpha value is -3.15. The van der Waals surface area contributed by atoms with Gasteiger partial charge in [0.15, 0.2) is 0 Å². The van der Waals surface area contributed by atoms with Crippen LogP contribution in [0.1, 0.15) is 55.0 Å². The summed E-state index contributed by atoms with van der Waals surface area (Å²) < 4.78 is 5.55. The van der Waals surface area contributed by atoms with Crippen LogP contribution in [0.5, 0.6) is 5.75 Å². The van der Waals surface area contributed by atoms with Crippen LogP contribution < -0.4 is 4.74 Å². The minimum absolute atomic E-state index is 0.0130. The minimum Gasteiger partial charge on any atom is -0.507 e. The van der Waals surface area contributed by atoms with Crippen molar-refractivity contribution in [2.45, 2.75) is 50.6 Å². The van der Waals surface area contributed by atoms with E-state index in [4.69, 9.17) is 4.74 Å². The van der Waals surface area contributed by atoms with Crippen molar-refractivity contribution in [3.8, 4) is 5.75 Å². The number of hydrogen-bond acceptors (Lipinski definition) is 5. The molecule has 1 saturated heterocycles. The molecule has 30 heavy (non-hydrogen) atoms. The van der Waals surface area contributed by atoms with Crippen LogP contribution in [-0.4, -0.2) is 39.3 Å². The molecule has 2 aliphatic heterocycles. The standard InChI is InChI=1S/C24H24N2O4/c27-22(16-9-10-19-15(14-16)11-13-30-19)20-21(18-8-4-5-12-25-18)26(24(29)23(20)28)17-6-2-1-3-7-17/h4-5,8-10,12,14,17,21,27H,1-3,6-7,11,13H2/b22-20-. The van der Waals surface area contributed by atoms with Gasteiger partial charge < -0.3 is 14.7 Å². The second-order valence-electron chi connectivity index (χ2n) is 8.17. The lowest BCUT2D eigenvalue weighted by Gasteiger charge is -2.35. The van der Waals surface area contributed by atoms with Gasteiger partial charge in [-0.05, 0) is 48.7 Å². The molecule has 0 bridgehead atoms. The van der Waals surface area contributed by atoms with Crippen molar-refractivity contribution >= 4 is 17.4 Å². The molecule has 1 N–H and O–H groups in total. The highest BCUT2D eigenvalue weighted by Crippen LogP contribution is 2.42. The fourth-order valence-corrected chi connectivity index (χ4v) is 4.90. The molecular weight excluding hydrogens is 380 g/mol. The molecule has 1 aromatic heterocycles. The molecule has 2 fully saturated rings. The van der Waals surface area contributed by atoms with Gasteiger partial charge in [-0.2, -0.15) is 0 Å². The first-order chi connectivity index (χ1) is 14.6. The van der Waals surface area contributed by atoms with Gasteiger partial charge in [0.1, 0.15) is 17.6 Å². The summed E-state index contributed by atoms with van der Waals surface area (Å²) in [5.74, 6) is -0.512. The van der Waals surface area contributed by atoms with E-state index in [1.807, 2.05) is 24.3 Å². The van der Waals surface area contributed by atoms with Gasteiger partial charge in [0, 0.05) is 24.2 Å². The summed E-state index contributed by atoms with van der Waals surface area (Å²) in [6.45, 7) is 0.611. The highest BCUT2D eigenvalue weighted by molar-refractivity contribution is 6.46. The maximum absolute atomic E-state index is 13.1. The smallest absolute Gasteiger partial charge is 0.295 e. The van der Waals surface area contributed by atoms with Crippen LogP contribution in [0.15, 0.2) is 48.2 Å². The van der Waals surface area contributed by atoms with Crippen LogP contribution >= 0.6 is 0 Å². The van der Waals surface area contributed by atoms with Crippen molar-refractivity contribution in [1.82, 2.24) is 9.88 Å². The number of Topliss-reactive ketones (excluding diaryl/α,β-unsaturated/α-hetero) is 1. The normalized spacial score (nSPS) is 23.5. The first-order valence-corrected chi connectivity index (χ1v) is 10.6. The SMILES string of the molecule is O=C1C(=O)N(C2CCCCC2)C(c2ccccn2)/C1=C(/O)c1ccc2c(c1)CCO2. The molecule has 1 aliphatic carbocycles. The third-order valence-corrected chi connectivity index (χ3v) is 6.38. The van der Waals surface area contributed by atoms with E-state index in [0.29, 0.717) is 17.9 Å². The summed E-state index contributed by atoms with van der Waals surface area (Å²) in [5.41, 5.74) is 2.26. The zero-order valence-electron chi connectivity index (χ0n) is 16.7. The maximum Gasteiger partial charge on any atom is 0.295 e. The molecule has 154 valence electrons. The van der Waals surface area contributed by atoms with Crippen LogP contribution in [0.3, 0.4) is 0 Å². The third-order valence-electron chi connectivity index (χ3n) is 6.38. The fraction of sp³-hybridized carbons (Fsp3) is 0.375. The van der Waals surface area contributed by atoms with Crippen LogP contribution in [0.4, 0.5) is 0 Å². The van der Waals surface area contributed by atoms with Crippen molar-refractivity contribution in [2.24, 2.45) is 0 Å². The predicted octanol–water partition coefficient (Wildman–Crippen LogP) is 3.77. The van der Waals surface area contributed by atoms with E-state index in [1.165, 1.54) is 0 Å². The number of ether oxygens (including phenoxy) is 1. The van der Waals surface area contributed by atoms with Crippen LogP contribution in [-0.2, 0) is 16.0 Å². The largest absolute Gasteiger partial charge is 0.507 e. The fourth-order valence-electron chi connectivity index (χ4n) is 4.90. The average Bonchev–Trinajstić information content (AvgIpc) is 3.36. The number of carbonyl (C=O) groups is 2. The van der Waals surface area contributed by atoms with Gasteiger partial charge in [-0.25, -0.2) is 0 Å². The Morgan fingerprint density at radius 1 is 1.10 bits per heavy atom. The second-order valence-corrected chi connectivity index (χ2v) is 8.17. The van der Waals surface area contributed by atoms with Crippen molar-refractivity contribution < 1.29 is 19.4 Å². The number of fused-ring (bicyclic) bond motifs is 1. The van der Waals surface area contributed by atoms with Crippen molar-refractivity contribution in [2.75, 3.05) is 6.61 Å². The van der Waals surface area contributed by atoms with E-state index < -0.39 is 17.7 Å². The number of aromatic nitrogens is 1. The number of aliphatic hydroxyl groups is 1. The summed E-state index contributed by atoms with van der Waals surface area (Å²) in [6, 6.07) is 10.2. The maximum atomic E-state index is 13.1. The molecule has 1 aromatic carbocycles. The number of pyridine rings is 1. The molecule has 3 heterocycles. The Bertz CT molecular complexity index is 1020. The molecule has 2 aromatic rings. The molecule has 1 unspecified atom stereocenters. The Balaban J connectivity index is 1.64. The first kappa shape index (κ1) is 18.9. The lowest BCUT2D eigenvalue weighted by molar-refractivity contribution is -0.141. The molecule has 1 saturated carbocycles. The Morgan fingerprint density at radius 3 is 2.70 bits per heavy atom. The van der Waals surface area contributed by atoms with Gasteiger partial charge in [0.05, 0.1) is 17.9 Å². The third kappa shape index (κ3) is 3.07. The average molecular weight is 404 g/mol. The zero-order valence-corrected chi connectivity index (χ0v) is 16.7. The van der Waals surface area contributed by atoms with Gasteiger partial charge >= 0.3 is 0 Å². The molecule has 6 heteroatoms. The summed E-state index contributed by atoms with van der Waals surface area (Å²) >= 11 is 0. The molecule has 1 atom stereocenters. The molecule has 5 rings (SSSR count). The number of nitrogens with zero attached hydrogens (tertiary/aromatic N) is 2. The highest BCUT2D eigenvalue weighted by Gasteiger charge is 2.49. The topological polar surface area (TPSA) is 79.7 Å². The van der Waals surface area contributed by atoms with E-state index in [-0.39, 0.29) is 17.4 Å². The Labute approximate surface area is 175 Å². The Morgan fingerprint density at radius 2 is 1.93 bits per heavy atom. The summed E-state index contributed by atoms with van der Waals surface area (Å²) in [4.78, 5) is 32.4. The number of aliphatic hydroxyl groups excluding tert-OH is 1. The van der Waals surface area contributed by atoms with Gasteiger partial charge in [0.2, 0.25) is 0 Å². The lowest BCUT2D eigenvalue weighted by atomic mass is 9.92. The first-order valence-electron chi connectivity index (χ1n) is 10.6. The highest BCUT2D eigenvalue weighted by atomic mass is 16.5.